The third-order valence-corrected chi connectivity index (χ3v) is 3.81. The van der Waals surface area contributed by atoms with Gasteiger partial charge in [0.15, 0.2) is 0 Å². The molecule has 1 aromatic heterocycles. The molecule has 0 bridgehead atoms. The average Bonchev–Trinajstić information content (AvgIpc) is 2.76. The number of nitrogens with two attached hydrogens (primary N) is 1. The van der Waals surface area contributed by atoms with Crippen LogP contribution in [0.2, 0.25) is 0 Å². The molecule has 3 rings (SSSR count). The lowest BCUT2D eigenvalue weighted by Gasteiger charge is -2.27. The molecule has 4 heteroatoms. The molecular weight excluding hydrogens is 238 g/mol. The van der Waals surface area contributed by atoms with E-state index in [1.54, 1.807) is 7.11 Å². The van der Waals surface area contributed by atoms with Crippen LogP contribution in [0.25, 0.3) is 0 Å². The quantitative estimate of drug-likeness (QED) is 0.900. The zero-order valence-corrected chi connectivity index (χ0v) is 11.4. The molecule has 2 N–H and O–H groups in total. The standard InChI is InChI=1S/C15H19N3O/c1-10-8-15(16)18(17-10)14-5-3-4-11-9-12(19-2)6-7-13(11)14/h6-9,14H,3-5,16H2,1-2H3. The lowest BCUT2D eigenvalue weighted by molar-refractivity contribution is 0.410. The molecule has 4 nitrogen and oxygen atoms in total. The Balaban J connectivity index is 2.05. The summed E-state index contributed by atoms with van der Waals surface area (Å²) in [5.74, 6) is 1.66. The van der Waals surface area contributed by atoms with Crippen molar-refractivity contribution < 1.29 is 4.74 Å². The molecule has 1 atom stereocenters. The second-order valence-corrected chi connectivity index (χ2v) is 5.13. The number of anilines is 1. The fourth-order valence-electron chi connectivity index (χ4n) is 2.93. The summed E-state index contributed by atoms with van der Waals surface area (Å²) in [6, 6.07) is 8.48. The monoisotopic (exact) mass is 257 g/mol. The largest absolute Gasteiger partial charge is 0.497 e. The summed E-state index contributed by atoms with van der Waals surface area (Å²) in [6.45, 7) is 1.98. The van der Waals surface area contributed by atoms with Crippen molar-refractivity contribution >= 4 is 5.82 Å². The molecule has 1 aliphatic rings. The number of ether oxygens (including phenoxy) is 1. The normalized spacial score (nSPS) is 18.1. The lowest BCUT2D eigenvalue weighted by atomic mass is 9.87. The van der Waals surface area contributed by atoms with Crippen LogP contribution in [0.5, 0.6) is 5.75 Å². The number of nitrogens with zero attached hydrogens (tertiary/aromatic N) is 2. The van der Waals surface area contributed by atoms with Crippen molar-refractivity contribution in [2.24, 2.45) is 0 Å². The van der Waals surface area contributed by atoms with E-state index < -0.39 is 0 Å². The van der Waals surface area contributed by atoms with Crippen molar-refractivity contribution in [2.75, 3.05) is 12.8 Å². The van der Waals surface area contributed by atoms with Crippen molar-refractivity contribution in [3.8, 4) is 5.75 Å². The molecule has 0 aliphatic heterocycles. The van der Waals surface area contributed by atoms with Gasteiger partial charge in [0.25, 0.3) is 0 Å². The fraction of sp³-hybridized carbons (Fsp3) is 0.400. The van der Waals surface area contributed by atoms with Gasteiger partial charge in [0.2, 0.25) is 0 Å². The molecule has 1 aliphatic carbocycles. The molecule has 0 saturated carbocycles. The van der Waals surface area contributed by atoms with Crippen LogP contribution in [-0.2, 0) is 6.42 Å². The Morgan fingerprint density at radius 1 is 1.37 bits per heavy atom. The highest BCUT2D eigenvalue weighted by Crippen LogP contribution is 2.35. The third kappa shape index (κ3) is 2.07. The number of rotatable bonds is 2. The summed E-state index contributed by atoms with van der Waals surface area (Å²) in [7, 11) is 1.71. The molecule has 19 heavy (non-hydrogen) atoms. The first-order chi connectivity index (χ1) is 9.19. The van der Waals surface area contributed by atoms with Gasteiger partial charge in [-0.15, -0.1) is 0 Å². The Morgan fingerprint density at radius 2 is 2.21 bits per heavy atom. The van der Waals surface area contributed by atoms with E-state index in [1.807, 2.05) is 23.7 Å². The SMILES string of the molecule is COc1ccc2c(c1)CCCC2n1nc(C)cc1N. The molecule has 1 aromatic carbocycles. The van der Waals surface area contributed by atoms with E-state index in [1.165, 1.54) is 11.1 Å². The van der Waals surface area contributed by atoms with Crippen LogP contribution in [0.4, 0.5) is 5.82 Å². The number of fused-ring (bicyclic) bond motifs is 1. The summed E-state index contributed by atoms with van der Waals surface area (Å²) >= 11 is 0. The number of hydrogen-bond acceptors (Lipinski definition) is 3. The molecule has 100 valence electrons. The molecule has 0 saturated heterocycles. The van der Waals surface area contributed by atoms with Gasteiger partial charge in [-0.1, -0.05) is 6.07 Å². The minimum atomic E-state index is 0.253. The smallest absolute Gasteiger partial charge is 0.122 e. The number of aryl methyl sites for hydroxylation is 2. The van der Waals surface area contributed by atoms with Gasteiger partial charge in [0, 0.05) is 6.07 Å². The van der Waals surface area contributed by atoms with Crippen LogP contribution >= 0.6 is 0 Å². The molecule has 0 radical (unpaired) electrons. The van der Waals surface area contributed by atoms with E-state index in [2.05, 4.69) is 17.2 Å². The number of benzene rings is 1. The second kappa shape index (κ2) is 4.61. The van der Waals surface area contributed by atoms with Gasteiger partial charge < -0.3 is 10.5 Å². The van der Waals surface area contributed by atoms with Crippen LogP contribution in [0.1, 0.15) is 35.7 Å². The summed E-state index contributed by atoms with van der Waals surface area (Å²) in [5.41, 5.74) is 9.70. The topological polar surface area (TPSA) is 53.1 Å². The van der Waals surface area contributed by atoms with Gasteiger partial charge in [0.1, 0.15) is 11.6 Å². The highest BCUT2D eigenvalue weighted by atomic mass is 16.5. The summed E-state index contributed by atoms with van der Waals surface area (Å²) in [6.07, 6.45) is 3.34. The van der Waals surface area contributed by atoms with Crippen LogP contribution < -0.4 is 10.5 Å². The third-order valence-electron chi connectivity index (χ3n) is 3.81. The molecule has 2 aromatic rings. The second-order valence-electron chi connectivity index (χ2n) is 5.13. The summed E-state index contributed by atoms with van der Waals surface area (Å²) < 4.78 is 7.26. The maximum absolute atomic E-state index is 6.06. The van der Waals surface area contributed by atoms with E-state index >= 15 is 0 Å². The van der Waals surface area contributed by atoms with Gasteiger partial charge in [-0.2, -0.15) is 5.10 Å². The molecule has 1 unspecified atom stereocenters. The van der Waals surface area contributed by atoms with Gasteiger partial charge in [-0.3, -0.25) is 0 Å². The van der Waals surface area contributed by atoms with Gasteiger partial charge in [-0.25, -0.2) is 4.68 Å². The predicted octanol–water partition coefficient (Wildman–Crippen LogP) is 2.71. The van der Waals surface area contributed by atoms with E-state index in [0.29, 0.717) is 0 Å². The Kier molecular flexibility index (Phi) is 2.93. The Bertz CT molecular complexity index is 603. The summed E-state index contributed by atoms with van der Waals surface area (Å²) in [4.78, 5) is 0. The average molecular weight is 257 g/mol. The highest BCUT2D eigenvalue weighted by molar-refractivity contribution is 5.41. The molecule has 0 spiro atoms. The van der Waals surface area contributed by atoms with E-state index in [0.717, 1.165) is 36.5 Å². The molecule has 0 amide bonds. The number of nitrogen functional groups attached to an aromatic ring is 1. The Hall–Kier alpha value is -1.97. The van der Waals surface area contributed by atoms with Gasteiger partial charge in [-0.05, 0) is 49.4 Å². The van der Waals surface area contributed by atoms with Gasteiger partial charge >= 0.3 is 0 Å². The predicted molar refractivity (Wildman–Crippen MR) is 75.4 cm³/mol. The molecule has 0 fully saturated rings. The van der Waals surface area contributed by atoms with E-state index in [-0.39, 0.29) is 6.04 Å². The Labute approximate surface area is 113 Å². The van der Waals surface area contributed by atoms with Crippen molar-refractivity contribution in [1.29, 1.82) is 0 Å². The number of hydrogen-bond donors (Lipinski definition) is 1. The zero-order chi connectivity index (χ0) is 13.4. The van der Waals surface area contributed by atoms with E-state index in [9.17, 15) is 0 Å². The fourth-order valence-corrected chi connectivity index (χ4v) is 2.93. The number of aromatic nitrogens is 2. The van der Waals surface area contributed by atoms with Crippen LogP contribution in [-0.4, -0.2) is 16.9 Å². The van der Waals surface area contributed by atoms with Crippen LogP contribution in [0.3, 0.4) is 0 Å². The molecular formula is C15H19N3O. The van der Waals surface area contributed by atoms with Crippen molar-refractivity contribution in [2.45, 2.75) is 32.2 Å². The first-order valence-electron chi connectivity index (χ1n) is 6.67. The first kappa shape index (κ1) is 12.1. The van der Waals surface area contributed by atoms with Crippen LogP contribution in [0, 0.1) is 6.92 Å². The van der Waals surface area contributed by atoms with E-state index in [4.69, 9.17) is 10.5 Å². The minimum absolute atomic E-state index is 0.253. The number of methoxy groups -OCH3 is 1. The molecule has 1 heterocycles. The first-order valence-corrected chi connectivity index (χ1v) is 6.67. The Morgan fingerprint density at radius 3 is 2.89 bits per heavy atom. The summed E-state index contributed by atoms with van der Waals surface area (Å²) in [5, 5.41) is 4.54. The van der Waals surface area contributed by atoms with Gasteiger partial charge in [0.05, 0.1) is 18.8 Å². The van der Waals surface area contributed by atoms with Crippen molar-refractivity contribution in [3.05, 3.63) is 41.1 Å². The lowest BCUT2D eigenvalue weighted by Crippen LogP contribution is -2.20. The maximum Gasteiger partial charge on any atom is 0.122 e. The van der Waals surface area contributed by atoms with Crippen molar-refractivity contribution in [1.82, 2.24) is 9.78 Å². The van der Waals surface area contributed by atoms with Crippen molar-refractivity contribution in [3.63, 3.8) is 0 Å². The zero-order valence-electron chi connectivity index (χ0n) is 11.4. The minimum Gasteiger partial charge on any atom is -0.497 e. The van der Waals surface area contributed by atoms with Crippen LogP contribution in [0.15, 0.2) is 24.3 Å². The highest BCUT2D eigenvalue weighted by Gasteiger charge is 2.24. The maximum atomic E-state index is 6.06.